The Bertz CT molecular complexity index is 739. The fourth-order valence-corrected chi connectivity index (χ4v) is 3.76. The summed E-state index contributed by atoms with van der Waals surface area (Å²) < 4.78 is 15.1. The number of hydrogen-bond donors (Lipinski definition) is 2. The summed E-state index contributed by atoms with van der Waals surface area (Å²) >= 11 is -0.0580. The second-order valence-corrected chi connectivity index (χ2v) is 6.00. The zero-order valence-corrected chi connectivity index (χ0v) is 10.8. The van der Waals surface area contributed by atoms with E-state index in [1.807, 2.05) is 0 Å². The van der Waals surface area contributed by atoms with E-state index in [0.29, 0.717) is 5.56 Å². The van der Waals surface area contributed by atoms with Crippen LogP contribution in [0.5, 0.6) is 11.5 Å². The molecule has 0 radical (unpaired) electrons. The van der Waals surface area contributed by atoms with Gasteiger partial charge in [-0.2, -0.15) is 0 Å². The summed E-state index contributed by atoms with van der Waals surface area (Å²) in [6.45, 7) is 0. The van der Waals surface area contributed by atoms with Gasteiger partial charge in [-0.1, -0.05) is 0 Å². The van der Waals surface area contributed by atoms with Crippen molar-refractivity contribution < 1.29 is 14.6 Å². The van der Waals surface area contributed by atoms with Crippen molar-refractivity contribution >= 4 is 24.3 Å². The Labute approximate surface area is 108 Å². The second kappa shape index (κ2) is 4.12. The molecule has 3 rings (SSSR count). The SMILES string of the molecule is Oc1ccc2nc(-c3ccc(O)c(F)c3)[se]c2c1. The summed E-state index contributed by atoms with van der Waals surface area (Å²) in [7, 11) is 0. The first kappa shape index (κ1) is 11.3. The van der Waals surface area contributed by atoms with Crippen LogP contribution < -0.4 is 0 Å². The Morgan fingerprint density at radius 1 is 1.06 bits per heavy atom. The van der Waals surface area contributed by atoms with Gasteiger partial charge < -0.3 is 0 Å². The van der Waals surface area contributed by atoms with Crippen LogP contribution in [0.4, 0.5) is 4.39 Å². The van der Waals surface area contributed by atoms with Gasteiger partial charge in [0, 0.05) is 0 Å². The van der Waals surface area contributed by atoms with Crippen LogP contribution in [0.2, 0.25) is 0 Å². The Morgan fingerprint density at radius 3 is 2.67 bits per heavy atom. The summed E-state index contributed by atoms with van der Waals surface area (Å²) in [4.78, 5) is 4.42. The summed E-state index contributed by atoms with van der Waals surface area (Å²) in [5.41, 5.74) is 1.48. The number of nitrogens with zero attached hydrogens (tertiary/aromatic N) is 1. The molecule has 1 aromatic heterocycles. The molecule has 0 spiro atoms. The Morgan fingerprint density at radius 2 is 1.89 bits per heavy atom. The number of phenolic OH excluding ortho intramolecular Hbond substituents is 2. The van der Waals surface area contributed by atoms with Crippen molar-refractivity contribution in [2.75, 3.05) is 0 Å². The van der Waals surface area contributed by atoms with Crippen molar-refractivity contribution in [1.82, 2.24) is 4.98 Å². The first-order valence-electron chi connectivity index (χ1n) is 5.22. The van der Waals surface area contributed by atoms with Gasteiger partial charge in [-0.15, -0.1) is 0 Å². The molecule has 5 heteroatoms. The third-order valence-electron chi connectivity index (χ3n) is 2.57. The van der Waals surface area contributed by atoms with E-state index >= 15 is 0 Å². The monoisotopic (exact) mass is 309 g/mol. The molecule has 0 saturated heterocycles. The Balaban J connectivity index is 2.16. The normalized spacial score (nSPS) is 10.9. The molecular formula is C13H8FNO2Se. The molecule has 0 aliphatic rings. The van der Waals surface area contributed by atoms with Crippen molar-refractivity contribution in [3.63, 3.8) is 0 Å². The molecule has 0 bridgehead atoms. The second-order valence-electron chi connectivity index (χ2n) is 3.84. The van der Waals surface area contributed by atoms with Crippen LogP contribution >= 0.6 is 0 Å². The van der Waals surface area contributed by atoms with Crippen LogP contribution in [0.25, 0.3) is 19.9 Å². The fourth-order valence-electron chi connectivity index (χ4n) is 1.68. The number of hydrogen-bond acceptors (Lipinski definition) is 3. The molecule has 3 aromatic rings. The first-order chi connectivity index (χ1) is 8.63. The van der Waals surface area contributed by atoms with E-state index in [0.717, 1.165) is 14.3 Å². The van der Waals surface area contributed by atoms with Gasteiger partial charge in [0.2, 0.25) is 0 Å². The van der Waals surface area contributed by atoms with Crippen LogP contribution in [0.15, 0.2) is 36.4 Å². The molecule has 18 heavy (non-hydrogen) atoms. The minimum absolute atomic E-state index is 0.0580. The molecule has 2 N–H and O–H groups in total. The molecule has 0 aliphatic heterocycles. The molecule has 0 saturated carbocycles. The molecule has 1 heterocycles. The zero-order valence-electron chi connectivity index (χ0n) is 9.09. The van der Waals surface area contributed by atoms with E-state index in [2.05, 4.69) is 4.98 Å². The predicted molar refractivity (Wildman–Crippen MR) is 67.4 cm³/mol. The predicted octanol–water partition coefficient (Wildman–Crippen LogP) is 2.51. The molecule has 0 atom stereocenters. The van der Waals surface area contributed by atoms with E-state index in [9.17, 15) is 9.50 Å². The van der Waals surface area contributed by atoms with Crippen molar-refractivity contribution in [3.05, 3.63) is 42.2 Å². The quantitative estimate of drug-likeness (QED) is 0.679. The Hall–Kier alpha value is -1.84. The summed E-state index contributed by atoms with van der Waals surface area (Å²) in [6, 6.07) is 9.26. The van der Waals surface area contributed by atoms with Gasteiger partial charge in [-0.3, -0.25) is 0 Å². The maximum absolute atomic E-state index is 13.3. The van der Waals surface area contributed by atoms with Gasteiger partial charge >= 0.3 is 108 Å². The third-order valence-corrected chi connectivity index (χ3v) is 4.81. The fraction of sp³-hybridized carbons (Fsp3) is 0. The number of halogens is 1. The van der Waals surface area contributed by atoms with Gasteiger partial charge in [-0.25, -0.2) is 0 Å². The van der Waals surface area contributed by atoms with Crippen LogP contribution in [-0.2, 0) is 0 Å². The maximum atomic E-state index is 13.3. The van der Waals surface area contributed by atoms with Crippen LogP contribution in [-0.4, -0.2) is 29.7 Å². The molecule has 2 aromatic carbocycles. The van der Waals surface area contributed by atoms with Crippen LogP contribution in [0, 0.1) is 5.82 Å². The summed E-state index contributed by atoms with van der Waals surface area (Å²) in [6.07, 6.45) is 0. The summed E-state index contributed by atoms with van der Waals surface area (Å²) in [5.74, 6) is -0.797. The average molecular weight is 308 g/mol. The van der Waals surface area contributed by atoms with E-state index in [1.165, 1.54) is 12.1 Å². The zero-order chi connectivity index (χ0) is 12.7. The number of fused-ring (bicyclic) bond motifs is 1. The number of rotatable bonds is 1. The summed E-state index contributed by atoms with van der Waals surface area (Å²) in [5, 5.41) is 18.6. The van der Waals surface area contributed by atoms with Gasteiger partial charge in [0.05, 0.1) is 0 Å². The van der Waals surface area contributed by atoms with Gasteiger partial charge in [0.1, 0.15) is 0 Å². The molecule has 0 unspecified atom stereocenters. The van der Waals surface area contributed by atoms with Crippen molar-refractivity contribution in [2.45, 2.75) is 0 Å². The van der Waals surface area contributed by atoms with E-state index < -0.39 is 5.82 Å². The minimum atomic E-state index is -0.648. The number of phenols is 2. The molecule has 90 valence electrons. The average Bonchev–Trinajstić information content (AvgIpc) is 2.75. The van der Waals surface area contributed by atoms with Crippen LogP contribution in [0.1, 0.15) is 0 Å². The molecule has 0 fully saturated rings. The standard InChI is InChI=1S/C13H8FNO2Se/c14-9-5-7(1-4-11(9)17)13-15-10-3-2-8(16)6-12(10)18-13/h1-6,16-17H. The number of benzene rings is 2. The number of aromatic hydroxyl groups is 2. The van der Waals surface area contributed by atoms with Crippen LogP contribution in [0.3, 0.4) is 0 Å². The van der Waals surface area contributed by atoms with Crippen molar-refractivity contribution in [3.8, 4) is 21.6 Å². The van der Waals surface area contributed by atoms with Crippen molar-refractivity contribution in [2.24, 2.45) is 0 Å². The molecule has 3 nitrogen and oxygen atoms in total. The molecule has 0 aliphatic carbocycles. The van der Waals surface area contributed by atoms with Gasteiger partial charge in [0.15, 0.2) is 0 Å². The van der Waals surface area contributed by atoms with Gasteiger partial charge in [-0.05, 0) is 0 Å². The topological polar surface area (TPSA) is 53.4 Å². The van der Waals surface area contributed by atoms with Crippen molar-refractivity contribution in [1.29, 1.82) is 0 Å². The van der Waals surface area contributed by atoms with E-state index in [-0.39, 0.29) is 26.0 Å². The van der Waals surface area contributed by atoms with E-state index in [1.54, 1.807) is 24.3 Å². The third kappa shape index (κ3) is 1.88. The molecular weight excluding hydrogens is 300 g/mol. The van der Waals surface area contributed by atoms with Gasteiger partial charge in [0.25, 0.3) is 0 Å². The Kier molecular flexibility index (Phi) is 2.58. The van der Waals surface area contributed by atoms with E-state index in [4.69, 9.17) is 5.11 Å². The first-order valence-corrected chi connectivity index (χ1v) is 6.93. The molecule has 0 amide bonds. The number of aromatic nitrogens is 1.